The number of nitrogens with zero attached hydrogens (tertiary/aromatic N) is 3. The van der Waals surface area contributed by atoms with E-state index in [1.807, 2.05) is 18.2 Å². The Balaban J connectivity index is 1.65. The molecule has 28 heavy (non-hydrogen) atoms. The number of rotatable bonds is 4. The van der Waals surface area contributed by atoms with Gasteiger partial charge >= 0.3 is 5.69 Å². The molecule has 2 amide bonds. The van der Waals surface area contributed by atoms with Gasteiger partial charge < -0.3 is 9.69 Å². The number of aryl methyl sites for hydroxylation is 1. The summed E-state index contributed by atoms with van der Waals surface area (Å²) >= 11 is 0. The van der Waals surface area contributed by atoms with Crippen molar-refractivity contribution in [3.63, 3.8) is 0 Å². The maximum atomic E-state index is 12.8. The second kappa shape index (κ2) is 7.26. The standard InChI is InChI=1S/C20H24N4O4/c1-22-17-12-14(23-9-6-13(7-10-23)8-11-25)2-3-15(17)24(20(22)28)16-4-5-18(26)21-19(16)27/h2-3,11-13,16H,4-10H2,1H3,(H,21,26,27). The van der Waals surface area contributed by atoms with Crippen molar-refractivity contribution in [2.45, 2.75) is 38.1 Å². The number of aldehydes is 1. The van der Waals surface area contributed by atoms with Crippen LogP contribution in [-0.4, -0.2) is 40.3 Å². The molecule has 8 heteroatoms. The minimum absolute atomic E-state index is 0.229. The fraction of sp³-hybridized carbons (Fsp3) is 0.500. The van der Waals surface area contributed by atoms with Crippen LogP contribution in [0.25, 0.3) is 11.0 Å². The Labute approximate surface area is 162 Å². The van der Waals surface area contributed by atoms with Crippen LogP contribution < -0.4 is 15.9 Å². The van der Waals surface area contributed by atoms with Crippen molar-refractivity contribution in [1.29, 1.82) is 0 Å². The van der Waals surface area contributed by atoms with E-state index in [2.05, 4.69) is 10.2 Å². The molecule has 1 aromatic heterocycles. The van der Waals surface area contributed by atoms with Gasteiger partial charge in [-0.1, -0.05) is 0 Å². The molecule has 0 bridgehead atoms. The first-order valence-electron chi connectivity index (χ1n) is 9.73. The highest BCUT2D eigenvalue weighted by Gasteiger charge is 2.31. The van der Waals surface area contributed by atoms with Crippen LogP contribution in [0.3, 0.4) is 0 Å². The number of piperidine rings is 2. The fourth-order valence-corrected chi connectivity index (χ4v) is 4.34. The van der Waals surface area contributed by atoms with Crippen LogP contribution in [0.4, 0.5) is 5.69 Å². The Morgan fingerprint density at radius 1 is 1.11 bits per heavy atom. The number of anilines is 1. The third-order valence-corrected chi connectivity index (χ3v) is 6.00. The summed E-state index contributed by atoms with van der Waals surface area (Å²) in [6.45, 7) is 1.76. The molecule has 1 aromatic carbocycles. The Morgan fingerprint density at radius 2 is 1.86 bits per heavy atom. The molecule has 2 aliphatic rings. The Hall–Kier alpha value is -2.90. The number of imide groups is 1. The molecule has 1 unspecified atom stereocenters. The SMILES string of the molecule is Cn1c(=O)n(C2CCC(=O)NC2=O)c2ccc(N3CCC(CC=O)CC3)cc21. The lowest BCUT2D eigenvalue weighted by atomic mass is 9.94. The number of hydrogen-bond donors (Lipinski definition) is 1. The van der Waals surface area contributed by atoms with Crippen molar-refractivity contribution in [3.05, 3.63) is 28.7 Å². The first kappa shape index (κ1) is 18.5. The van der Waals surface area contributed by atoms with Crippen molar-refractivity contribution in [3.8, 4) is 0 Å². The minimum Gasteiger partial charge on any atom is -0.371 e. The molecular formula is C20H24N4O4. The summed E-state index contributed by atoms with van der Waals surface area (Å²) in [6, 6.07) is 5.18. The van der Waals surface area contributed by atoms with Crippen LogP contribution in [0.5, 0.6) is 0 Å². The van der Waals surface area contributed by atoms with Crippen LogP contribution in [0, 0.1) is 5.92 Å². The minimum atomic E-state index is -0.668. The maximum absolute atomic E-state index is 12.8. The zero-order valence-corrected chi connectivity index (χ0v) is 15.9. The topological polar surface area (TPSA) is 93.4 Å². The van der Waals surface area contributed by atoms with Crippen LogP contribution >= 0.6 is 0 Å². The van der Waals surface area contributed by atoms with Gasteiger partial charge in [0.05, 0.1) is 11.0 Å². The third-order valence-electron chi connectivity index (χ3n) is 6.00. The van der Waals surface area contributed by atoms with Crippen LogP contribution in [0.15, 0.2) is 23.0 Å². The lowest BCUT2D eigenvalue weighted by Crippen LogP contribution is -2.44. The highest BCUT2D eigenvalue weighted by Crippen LogP contribution is 2.29. The molecule has 2 aromatic rings. The number of hydrogen-bond acceptors (Lipinski definition) is 5. The van der Waals surface area contributed by atoms with Gasteiger partial charge in [0.25, 0.3) is 0 Å². The molecule has 1 atom stereocenters. The highest BCUT2D eigenvalue weighted by molar-refractivity contribution is 6.00. The van der Waals surface area contributed by atoms with E-state index >= 15 is 0 Å². The summed E-state index contributed by atoms with van der Waals surface area (Å²) in [5, 5.41) is 2.33. The summed E-state index contributed by atoms with van der Waals surface area (Å²) in [5.41, 5.74) is 2.24. The molecular weight excluding hydrogens is 360 g/mol. The van der Waals surface area contributed by atoms with Crippen LogP contribution in [0.2, 0.25) is 0 Å². The second-order valence-corrected chi connectivity index (χ2v) is 7.68. The predicted octanol–water partition coefficient (Wildman–Crippen LogP) is 1.12. The van der Waals surface area contributed by atoms with E-state index in [0.717, 1.165) is 43.4 Å². The summed E-state index contributed by atoms with van der Waals surface area (Å²) in [6.07, 6.45) is 4.14. The molecule has 0 radical (unpaired) electrons. The maximum Gasteiger partial charge on any atom is 0.329 e. The van der Waals surface area contributed by atoms with Gasteiger partial charge in [-0.3, -0.25) is 24.0 Å². The van der Waals surface area contributed by atoms with E-state index in [-0.39, 0.29) is 18.0 Å². The first-order chi connectivity index (χ1) is 13.5. The average molecular weight is 384 g/mol. The molecule has 2 aliphatic heterocycles. The highest BCUT2D eigenvalue weighted by atomic mass is 16.2. The number of carbonyl (C=O) groups is 3. The fourth-order valence-electron chi connectivity index (χ4n) is 4.34. The van der Waals surface area contributed by atoms with Crippen molar-refractivity contribution < 1.29 is 14.4 Å². The molecule has 0 spiro atoms. The average Bonchev–Trinajstić information content (AvgIpc) is 2.93. The zero-order valence-electron chi connectivity index (χ0n) is 15.9. The second-order valence-electron chi connectivity index (χ2n) is 7.68. The van der Waals surface area contributed by atoms with E-state index in [4.69, 9.17) is 0 Å². The molecule has 4 rings (SSSR count). The molecule has 2 fully saturated rings. The van der Waals surface area contributed by atoms with Gasteiger partial charge in [-0.15, -0.1) is 0 Å². The number of imidazole rings is 1. The van der Waals surface area contributed by atoms with Crippen molar-refractivity contribution in [1.82, 2.24) is 14.5 Å². The Bertz CT molecular complexity index is 998. The summed E-state index contributed by atoms with van der Waals surface area (Å²) in [4.78, 5) is 49.5. The number of aromatic nitrogens is 2. The molecule has 148 valence electrons. The molecule has 8 nitrogen and oxygen atoms in total. The van der Waals surface area contributed by atoms with E-state index in [0.29, 0.717) is 24.3 Å². The largest absolute Gasteiger partial charge is 0.371 e. The summed E-state index contributed by atoms with van der Waals surface area (Å²) in [7, 11) is 1.70. The normalized spacial score (nSPS) is 21.2. The quantitative estimate of drug-likeness (QED) is 0.630. The van der Waals surface area contributed by atoms with Gasteiger partial charge in [0.2, 0.25) is 11.8 Å². The van der Waals surface area contributed by atoms with Gasteiger partial charge in [0.1, 0.15) is 12.3 Å². The molecule has 0 aliphatic carbocycles. The molecule has 2 saturated heterocycles. The summed E-state index contributed by atoms with van der Waals surface area (Å²) in [5.74, 6) is -0.266. The Kier molecular flexibility index (Phi) is 4.78. The van der Waals surface area contributed by atoms with Crippen molar-refractivity contribution in [2.75, 3.05) is 18.0 Å². The van der Waals surface area contributed by atoms with E-state index in [9.17, 15) is 19.2 Å². The third kappa shape index (κ3) is 3.12. The van der Waals surface area contributed by atoms with Gasteiger partial charge in [0.15, 0.2) is 0 Å². The summed E-state index contributed by atoms with van der Waals surface area (Å²) < 4.78 is 3.05. The number of nitrogens with one attached hydrogen (secondary N) is 1. The smallest absolute Gasteiger partial charge is 0.329 e. The van der Waals surface area contributed by atoms with E-state index < -0.39 is 11.9 Å². The van der Waals surface area contributed by atoms with Gasteiger partial charge in [-0.05, 0) is 43.4 Å². The Morgan fingerprint density at radius 3 is 2.54 bits per heavy atom. The number of fused-ring (bicyclic) bond motifs is 1. The van der Waals surface area contributed by atoms with Crippen LogP contribution in [-0.2, 0) is 21.4 Å². The molecule has 1 N–H and O–H groups in total. The first-order valence-corrected chi connectivity index (χ1v) is 9.73. The molecule has 0 saturated carbocycles. The predicted molar refractivity (Wildman–Crippen MR) is 104 cm³/mol. The lowest BCUT2D eigenvalue weighted by Gasteiger charge is -2.33. The van der Waals surface area contributed by atoms with Crippen molar-refractivity contribution >= 4 is 34.8 Å². The van der Waals surface area contributed by atoms with Gasteiger partial charge in [0, 0.05) is 38.7 Å². The van der Waals surface area contributed by atoms with Crippen LogP contribution in [0.1, 0.15) is 38.1 Å². The lowest BCUT2D eigenvalue weighted by molar-refractivity contribution is -0.135. The van der Waals surface area contributed by atoms with E-state index in [1.165, 1.54) is 4.57 Å². The number of benzene rings is 1. The van der Waals surface area contributed by atoms with E-state index in [1.54, 1.807) is 11.6 Å². The van der Waals surface area contributed by atoms with Crippen molar-refractivity contribution in [2.24, 2.45) is 13.0 Å². The monoisotopic (exact) mass is 384 g/mol. The van der Waals surface area contributed by atoms with Gasteiger partial charge in [-0.25, -0.2) is 4.79 Å². The zero-order chi connectivity index (χ0) is 19.8. The molecule has 3 heterocycles. The number of carbonyl (C=O) groups excluding carboxylic acids is 3. The number of amides is 2. The van der Waals surface area contributed by atoms with Gasteiger partial charge in [-0.2, -0.15) is 0 Å².